The molecule has 3 atom stereocenters. The van der Waals surface area contributed by atoms with Crippen molar-refractivity contribution in [2.75, 3.05) is 26.2 Å². The molecule has 0 aliphatic carbocycles. The third-order valence-electron chi connectivity index (χ3n) is 4.15. The summed E-state index contributed by atoms with van der Waals surface area (Å²) in [5.74, 6) is 0.896. The summed E-state index contributed by atoms with van der Waals surface area (Å²) in [6.45, 7) is 5.00. The number of aromatic nitrogens is 1. The van der Waals surface area contributed by atoms with Crippen LogP contribution in [0.3, 0.4) is 0 Å². The summed E-state index contributed by atoms with van der Waals surface area (Å²) in [6, 6.07) is 6.90. The first-order valence-electron chi connectivity index (χ1n) is 6.77. The van der Waals surface area contributed by atoms with Crippen LogP contribution in [0, 0.1) is 5.92 Å². The Bertz CT molecular complexity index is 352. The summed E-state index contributed by atoms with van der Waals surface area (Å²) in [7, 11) is 0. The summed E-state index contributed by atoms with van der Waals surface area (Å²) in [5.41, 5.74) is 1.20. The molecule has 92 valence electrons. The van der Waals surface area contributed by atoms with E-state index in [2.05, 4.69) is 27.3 Å². The van der Waals surface area contributed by atoms with E-state index in [0.29, 0.717) is 0 Å². The second-order valence-corrected chi connectivity index (χ2v) is 5.27. The van der Waals surface area contributed by atoms with Gasteiger partial charge in [-0.1, -0.05) is 6.07 Å². The van der Waals surface area contributed by atoms with Crippen LogP contribution in [0.1, 0.15) is 18.5 Å². The number of piperidine rings is 1. The SMILES string of the molecule is c1ccc(CCNC2CCN3CCC2C3)nc1. The minimum Gasteiger partial charge on any atom is -0.313 e. The molecule has 0 aromatic carbocycles. The fourth-order valence-electron chi connectivity index (χ4n) is 3.15. The van der Waals surface area contributed by atoms with Crippen LogP contribution in [0.4, 0.5) is 0 Å². The Balaban J connectivity index is 1.45. The molecule has 3 heteroatoms. The van der Waals surface area contributed by atoms with Crippen molar-refractivity contribution < 1.29 is 0 Å². The quantitative estimate of drug-likeness (QED) is 0.847. The molecule has 3 nitrogen and oxygen atoms in total. The van der Waals surface area contributed by atoms with E-state index in [0.717, 1.165) is 24.9 Å². The number of hydrogen-bond acceptors (Lipinski definition) is 3. The van der Waals surface area contributed by atoms with Gasteiger partial charge in [-0.15, -0.1) is 0 Å². The standard InChI is InChI=1S/C14H21N3/c1-2-7-15-13(3-1)4-8-16-14-6-10-17-9-5-12(14)11-17/h1-3,7,12,14,16H,4-6,8-11H2. The molecule has 2 bridgehead atoms. The van der Waals surface area contributed by atoms with Gasteiger partial charge < -0.3 is 10.2 Å². The van der Waals surface area contributed by atoms with Crippen molar-refractivity contribution >= 4 is 0 Å². The van der Waals surface area contributed by atoms with Crippen LogP contribution in [0.25, 0.3) is 0 Å². The van der Waals surface area contributed by atoms with Gasteiger partial charge in [0.15, 0.2) is 0 Å². The van der Waals surface area contributed by atoms with E-state index in [9.17, 15) is 0 Å². The molecular formula is C14H21N3. The smallest absolute Gasteiger partial charge is 0.0416 e. The van der Waals surface area contributed by atoms with E-state index in [4.69, 9.17) is 0 Å². The van der Waals surface area contributed by atoms with E-state index >= 15 is 0 Å². The molecule has 2 aliphatic rings. The van der Waals surface area contributed by atoms with E-state index in [-0.39, 0.29) is 0 Å². The lowest BCUT2D eigenvalue weighted by Crippen LogP contribution is -2.44. The average molecular weight is 231 g/mol. The molecule has 1 N–H and O–H groups in total. The van der Waals surface area contributed by atoms with Crippen LogP contribution < -0.4 is 5.32 Å². The molecule has 0 spiro atoms. The molecule has 0 radical (unpaired) electrons. The molecular weight excluding hydrogens is 210 g/mol. The van der Waals surface area contributed by atoms with Crippen molar-refractivity contribution in [1.82, 2.24) is 15.2 Å². The molecule has 1 aromatic rings. The van der Waals surface area contributed by atoms with Gasteiger partial charge >= 0.3 is 0 Å². The minimum atomic E-state index is 0.748. The first kappa shape index (κ1) is 11.2. The zero-order chi connectivity index (χ0) is 11.5. The normalized spacial score (nSPS) is 31.6. The lowest BCUT2D eigenvalue weighted by Gasteiger charge is -2.31. The number of nitrogens with one attached hydrogen (secondary N) is 1. The molecule has 3 rings (SSSR count). The average Bonchev–Trinajstić information content (AvgIpc) is 2.76. The Hall–Kier alpha value is -0.930. The van der Waals surface area contributed by atoms with E-state index < -0.39 is 0 Å². The Morgan fingerprint density at radius 2 is 2.24 bits per heavy atom. The van der Waals surface area contributed by atoms with Gasteiger partial charge in [0.25, 0.3) is 0 Å². The van der Waals surface area contributed by atoms with Crippen molar-refractivity contribution in [2.24, 2.45) is 5.92 Å². The molecule has 2 fully saturated rings. The van der Waals surface area contributed by atoms with Gasteiger partial charge in [0.2, 0.25) is 0 Å². The topological polar surface area (TPSA) is 28.2 Å². The molecule has 17 heavy (non-hydrogen) atoms. The highest BCUT2D eigenvalue weighted by Gasteiger charge is 2.33. The Morgan fingerprint density at radius 3 is 3.12 bits per heavy atom. The summed E-state index contributed by atoms with van der Waals surface area (Å²) in [5, 5.41) is 3.73. The summed E-state index contributed by atoms with van der Waals surface area (Å²) < 4.78 is 0. The zero-order valence-electron chi connectivity index (χ0n) is 10.3. The highest BCUT2D eigenvalue weighted by molar-refractivity contribution is 5.04. The van der Waals surface area contributed by atoms with Crippen LogP contribution in [0.2, 0.25) is 0 Å². The third kappa shape index (κ3) is 2.67. The molecule has 3 heterocycles. The molecule has 2 saturated heterocycles. The van der Waals surface area contributed by atoms with Crippen LogP contribution in [-0.2, 0) is 6.42 Å². The zero-order valence-corrected chi connectivity index (χ0v) is 10.3. The lowest BCUT2D eigenvalue weighted by atomic mass is 9.94. The van der Waals surface area contributed by atoms with Crippen LogP contribution in [0.15, 0.2) is 24.4 Å². The fraction of sp³-hybridized carbons (Fsp3) is 0.643. The number of pyridine rings is 1. The highest BCUT2D eigenvalue weighted by atomic mass is 15.2. The molecule has 0 amide bonds. The summed E-state index contributed by atoms with van der Waals surface area (Å²) in [4.78, 5) is 6.96. The van der Waals surface area contributed by atoms with Crippen molar-refractivity contribution in [3.63, 3.8) is 0 Å². The maximum Gasteiger partial charge on any atom is 0.0416 e. The fourth-order valence-corrected chi connectivity index (χ4v) is 3.15. The maximum atomic E-state index is 4.36. The highest BCUT2D eigenvalue weighted by Crippen LogP contribution is 2.26. The first-order valence-corrected chi connectivity index (χ1v) is 6.77. The monoisotopic (exact) mass is 231 g/mol. The molecule has 0 saturated carbocycles. The molecule has 1 aromatic heterocycles. The van der Waals surface area contributed by atoms with Gasteiger partial charge in [-0.2, -0.15) is 0 Å². The third-order valence-corrected chi connectivity index (χ3v) is 4.15. The van der Waals surface area contributed by atoms with Gasteiger partial charge in [-0.05, 0) is 44.0 Å². The Morgan fingerprint density at radius 1 is 1.29 bits per heavy atom. The molecule has 3 unspecified atom stereocenters. The van der Waals surface area contributed by atoms with E-state index in [1.165, 1.54) is 38.2 Å². The number of fused-ring (bicyclic) bond motifs is 2. The van der Waals surface area contributed by atoms with E-state index in [1.54, 1.807) is 0 Å². The maximum absolute atomic E-state index is 4.36. The van der Waals surface area contributed by atoms with Crippen LogP contribution >= 0.6 is 0 Å². The van der Waals surface area contributed by atoms with Crippen molar-refractivity contribution in [1.29, 1.82) is 0 Å². The largest absolute Gasteiger partial charge is 0.313 e. The Labute approximate surface area is 103 Å². The van der Waals surface area contributed by atoms with Crippen molar-refractivity contribution in [3.05, 3.63) is 30.1 Å². The second kappa shape index (κ2) is 5.15. The Kier molecular flexibility index (Phi) is 3.39. The number of rotatable bonds is 4. The lowest BCUT2D eigenvalue weighted by molar-refractivity contribution is 0.222. The number of nitrogens with zero attached hydrogens (tertiary/aromatic N) is 2. The van der Waals surface area contributed by atoms with Gasteiger partial charge in [-0.3, -0.25) is 4.98 Å². The van der Waals surface area contributed by atoms with Crippen LogP contribution in [-0.4, -0.2) is 42.1 Å². The molecule has 2 aliphatic heterocycles. The summed E-state index contributed by atoms with van der Waals surface area (Å²) >= 11 is 0. The number of hydrogen-bond donors (Lipinski definition) is 1. The van der Waals surface area contributed by atoms with Crippen molar-refractivity contribution in [3.8, 4) is 0 Å². The minimum absolute atomic E-state index is 0.748. The summed E-state index contributed by atoms with van der Waals surface area (Å²) in [6.07, 6.45) is 5.65. The van der Waals surface area contributed by atoms with Crippen LogP contribution in [0.5, 0.6) is 0 Å². The predicted octanol–water partition coefficient (Wildman–Crippen LogP) is 1.31. The predicted molar refractivity (Wildman–Crippen MR) is 68.9 cm³/mol. The second-order valence-electron chi connectivity index (χ2n) is 5.27. The van der Waals surface area contributed by atoms with Crippen molar-refractivity contribution in [2.45, 2.75) is 25.3 Å². The van der Waals surface area contributed by atoms with Gasteiger partial charge in [-0.25, -0.2) is 0 Å². The van der Waals surface area contributed by atoms with E-state index in [1.807, 2.05) is 12.3 Å². The van der Waals surface area contributed by atoms with Gasteiger partial charge in [0, 0.05) is 37.4 Å². The first-order chi connectivity index (χ1) is 8.42. The van der Waals surface area contributed by atoms with Gasteiger partial charge in [0.1, 0.15) is 0 Å². The van der Waals surface area contributed by atoms with Gasteiger partial charge in [0.05, 0.1) is 0 Å².